The Hall–Kier alpha value is -1.66. The van der Waals surface area contributed by atoms with Crippen LogP contribution >= 0.6 is 0 Å². The van der Waals surface area contributed by atoms with Gasteiger partial charge in [0.1, 0.15) is 5.82 Å². The molecule has 0 saturated carbocycles. The predicted molar refractivity (Wildman–Crippen MR) is 76.8 cm³/mol. The first kappa shape index (κ1) is 14.7. The molecule has 0 atom stereocenters. The monoisotopic (exact) mass is 280 g/mol. The van der Waals surface area contributed by atoms with E-state index in [2.05, 4.69) is 10.3 Å². The second-order valence-corrected chi connectivity index (χ2v) is 5.29. The Bertz CT molecular complexity index is 484. The van der Waals surface area contributed by atoms with Crippen LogP contribution in [0, 0.1) is 5.82 Å². The first-order chi connectivity index (χ1) is 9.54. The van der Waals surface area contributed by atoms with Gasteiger partial charge in [0.25, 0.3) is 5.91 Å². The minimum Gasteiger partial charge on any atom is -0.338 e. The molecule has 1 saturated heterocycles. The summed E-state index contributed by atoms with van der Waals surface area (Å²) >= 11 is 0. The number of piperidine rings is 1. The molecule has 1 aliphatic heterocycles. The first-order valence-electron chi connectivity index (χ1n) is 6.75. The molecule has 1 aromatic rings. The first-order valence-corrected chi connectivity index (χ1v) is 6.75. The van der Waals surface area contributed by atoms with Gasteiger partial charge in [-0.3, -0.25) is 10.6 Å². The molecule has 1 aromatic carbocycles. The van der Waals surface area contributed by atoms with Crippen molar-refractivity contribution < 1.29 is 9.18 Å². The van der Waals surface area contributed by atoms with E-state index >= 15 is 0 Å². The van der Waals surface area contributed by atoms with Crippen molar-refractivity contribution in [3.63, 3.8) is 0 Å². The standard InChI is InChI=1S/C14H21FN4O/c1-18(2)10-6-8-19(9-7-10)14(20)11-4-3-5-12(15)13(11)17-16/h3-5,10,17H,6-9,16H2,1-2H3. The van der Waals surface area contributed by atoms with Crippen molar-refractivity contribution in [2.24, 2.45) is 5.84 Å². The highest BCUT2D eigenvalue weighted by Gasteiger charge is 2.26. The van der Waals surface area contributed by atoms with E-state index in [1.165, 1.54) is 12.1 Å². The molecule has 1 heterocycles. The lowest BCUT2D eigenvalue weighted by Gasteiger charge is -2.35. The minimum absolute atomic E-state index is 0.0623. The lowest BCUT2D eigenvalue weighted by Crippen LogP contribution is -2.44. The van der Waals surface area contributed by atoms with Crippen LogP contribution in [0.5, 0.6) is 0 Å². The number of nitrogen functional groups attached to an aromatic ring is 1. The van der Waals surface area contributed by atoms with Crippen molar-refractivity contribution in [1.82, 2.24) is 9.80 Å². The third-order valence-electron chi connectivity index (χ3n) is 3.87. The lowest BCUT2D eigenvalue weighted by molar-refractivity contribution is 0.0664. The van der Waals surface area contributed by atoms with Crippen LogP contribution in [0.25, 0.3) is 0 Å². The van der Waals surface area contributed by atoms with E-state index in [0.717, 1.165) is 12.8 Å². The number of nitrogens with zero attached hydrogens (tertiary/aromatic N) is 2. The fourth-order valence-corrected chi connectivity index (χ4v) is 2.60. The zero-order valence-corrected chi connectivity index (χ0v) is 11.9. The topological polar surface area (TPSA) is 61.6 Å². The van der Waals surface area contributed by atoms with E-state index in [-0.39, 0.29) is 17.2 Å². The molecule has 1 amide bonds. The third kappa shape index (κ3) is 2.91. The number of hydrogen-bond donors (Lipinski definition) is 2. The Labute approximate surface area is 118 Å². The van der Waals surface area contributed by atoms with Gasteiger partial charge in [0.15, 0.2) is 0 Å². The number of carbonyl (C=O) groups excluding carboxylic acids is 1. The molecule has 110 valence electrons. The van der Waals surface area contributed by atoms with E-state index in [1.54, 1.807) is 11.0 Å². The zero-order valence-electron chi connectivity index (χ0n) is 11.9. The van der Waals surface area contributed by atoms with Crippen molar-refractivity contribution in [3.05, 3.63) is 29.6 Å². The number of anilines is 1. The molecule has 0 aliphatic carbocycles. The van der Waals surface area contributed by atoms with Gasteiger partial charge in [-0.1, -0.05) is 6.07 Å². The van der Waals surface area contributed by atoms with Crippen LogP contribution in [-0.2, 0) is 0 Å². The van der Waals surface area contributed by atoms with Crippen molar-refractivity contribution in [2.75, 3.05) is 32.6 Å². The van der Waals surface area contributed by atoms with Gasteiger partial charge in [0, 0.05) is 19.1 Å². The molecule has 1 fully saturated rings. The Kier molecular flexibility index (Phi) is 4.57. The molecule has 1 aliphatic rings. The second-order valence-electron chi connectivity index (χ2n) is 5.29. The van der Waals surface area contributed by atoms with Crippen LogP contribution in [-0.4, -0.2) is 48.9 Å². The molecule has 20 heavy (non-hydrogen) atoms. The molecule has 0 aromatic heterocycles. The van der Waals surface area contributed by atoms with Crippen molar-refractivity contribution in [3.8, 4) is 0 Å². The quantitative estimate of drug-likeness (QED) is 0.647. The maximum absolute atomic E-state index is 13.6. The highest BCUT2D eigenvalue weighted by atomic mass is 19.1. The maximum atomic E-state index is 13.6. The maximum Gasteiger partial charge on any atom is 0.256 e. The van der Waals surface area contributed by atoms with Gasteiger partial charge >= 0.3 is 0 Å². The molecule has 0 bridgehead atoms. The van der Waals surface area contributed by atoms with Crippen molar-refractivity contribution in [2.45, 2.75) is 18.9 Å². The van der Waals surface area contributed by atoms with Crippen molar-refractivity contribution >= 4 is 11.6 Å². The van der Waals surface area contributed by atoms with Crippen LogP contribution in [0.1, 0.15) is 23.2 Å². The number of hydrogen-bond acceptors (Lipinski definition) is 4. The number of hydrazine groups is 1. The van der Waals surface area contributed by atoms with E-state index < -0.39 is 5.82 Å². The largest absolute Gasteiger partial charge is 0.338 e. The number of nitrogens with one attached hydrogen (secondary N) is 1. The number of rotatable bonds is 3. The summed E-state index contributed by atoms with van der Waals surface area (Å²) in [5.41, 5.74) is 2.63. The second kappa shape index (κ2) is 6.19. The number of halogens is 1. The third-order valence-corrected chi connectivity index (χ3v) is 3.87. The summed E-state index contributed by atoms with van der Waals surface area (Å²) in [6.07, 6.45) is 1.86. The molecular formula is C14H21FN4O. The average Bonchev–Trinajstić information content (AvgIpc) is 2.46. The molecule has 2 rings (SSSR count). The predicted octanol–water partition coefficient (Wildman–Crippen LogP) is 1.28. The Morgan fingerprint density at radius 1 is 1.40 bits per heavy atom. The summed E-state index contributed by atoms with van der Waals surface area (Å²) in [4.78, 5) is 16.4. The number of para-hydroxylation sites is 1. The Balaban J connectivity index is 2.11. The van der Waals surface area contributed by atoms with Crippen LogP contribution in [0.4, 0.5) is 10.1 Å². The normalized spacial score (nSPS) is 16.6. The number of amides is 1. The number of carbonyl (C=O) groups is 1. The van der Waals surface area contributed by atoms with Crippen LogP contribution < -0.4 is 11.3 Å². The number of likely N-dealkylation sites (tertiary alicyclic amines) is 1. The summed E-state index contributed by atoms with van der Waals surface area (Å²) in [6.45, 7) is 1.37. The molecule has 0 unspecified atom stereocenters. The zero-order chi connectivity index (χ0) is 14.7. The summed E-state index contributed by atoms with van der Waals surface area (Å²) in [5, 5.41) is 0. The van der Waals surface area contributed by atoms with Gasteiger partial charge in [0.2, 0.25) is 0 Å². The van der Waals surface area contributed by atoms with Crippen LogP contribution in [0.2, 0.25) is 0 Å². The molecule has 0 radical (unpaired) electrons. The number of benzene rings is 1. The molecule has 0 spiro atoms. The van der Waals surface area contributed by atoms with Gasteiger partial charge in [-0.2, -0.15) is 0 Å². The van der Waals surface area contributed by atoms with Gasteiger partial charge in [-0.25, -0.2) is 4.39 Å². The van der Waals surface area contributed by atoms with E-state index in [4.69, 9.17) is 5.84 Å². The molecular weight excluding hydrogens is 259 g/mol. The highest BCUT2D eigenvalue weighted by Crippen LogP contribution is 2.23. The van der Waals surface area contributed by atoms with Crippen molar-refractivity contribution in [1.29, 1.82) is 0 Å². The number of nitrogens with two attached hydrogens (primary N) is 1. The van der Waals surface area contributed by atoms with Gasteiger partial charge in [-0.05, 0) is 39.1 Å². The van der Waals surface area contributed by atoms with Gasteiger partial charge in [-0.15, -0.1) is 0 Å². The smallest absolute Gasteiger partial charge is 0.256 e. The molecule has 3 N–H and O–H groups in total. The highest BCUT2D eigenvalue weighted by molar-refractivity contribution is 5.99. The summed E-state index contributed by atoms with van der Waals surface area (Å²) in [5.74, 6) is 4.63. The van der Waals surface area contributed by atoms with Gasteiger partial charge < -0.3 is 15.2 Å². The Morgan fingerprint density at radius 3 is 2.60 bits per heavy atom. The van der Waals surface area contributed by atoms with E-state index in [1.807, 2.05) is 14.1 Å². The van der Waals surface area contributed by atoms with E-state index in [0.29, 0.717) is 19.1 Å². The van der Waals surface area contributed by atoms with Gasteiger partial charge in [0.05, 0.1) is 11.3 Å². The van der Waals surface area contributed by atoms with Crippen LogP contribution in [0.15, 0.2) is 18.2 Å². The Morgan fingerprint density at radius 2 is 2.05 bits per heavy atom. The fraction of sp³-hybridized carbons (Fsp3) is 0.500. The summed E-state index contributed by atoms with van der Waals surface area (Å²) in [6, 6.07) is 4.90. The SMILES string of the molecule is CN(C)C1CCN(C(=O)c2cccc(F)c2NN)CC1. The average molecular weight is 280 g/mol. The summed E-state index contributed by atoms with van der Waals surface area (Å²) < 4.78 is 13.6. The fourth-order valence-electron chi connectivity index (χ4n) is 2.60. The van der Waals surface area contributed by atoms with E-state index in [9.17, 15) is 9.18 Å². The molecule has 5 nitrogen and oxygen atoms in total. The van der Waals surface area contributed by atoms with Crippen LogP contribution in [0.3, 0.4) is 0 Å². The summed E-state index contributed by atoms with van der Waals surface area (Å²) in [7, 11) is 4.09. The molecule has 6 heteroatoms. The minimum atomic E-state index is -0.512. The lowest BCUT2D eigenvalue weighted by atomic mass is 10.0.